The van der Waals surface area contributed by atoms with E-state index in [9.17, 15) is 5.11 Å². The lowest BCUT2D eigenvalue weighted by atomic mass is 10.1. The molecule has 0 fully saturated rings. The van der Waals surface area contributed by atoms with Gasteiger partial charge in [-0.15, -0.1) is 10.2 Å². The first-order valence-electron chi connectivity index (χ1n) is 5.09. The molecule has 2 heterocycles. The average molecular weight is 221 g/mol. The zero-order valence-corrected chi connectivity index (χ0v) is 9.60. The van der Waals surface area contributed by atoms with Gasteiger partial charge in [0.2, 0.25) is 5.65 Å². The van der Waals surface area contributed by atoms with Crippen LogP contribution < -0.4 is 5.32 Å². The number of rotatable bonds is 3. The maximum atomic E-state index is 9.20. The molecule has 0 unspecified atom stereocenters. The Kier molecular flexibility index (Phi) is 2.51. The first-order valence-corrected chi connectivity index (χ1v) is 5.09. The van der Waals surface area contributed by atoms with Crippen molar-refractivity contribution in [2.45, 2.75) is 26.3 Å². The molecule has 6 nitrogen and oxygen atoms in total. The maximum Gasteiger partial charge on any atom is 0.203 e. The quantitative estimate of drug-likeness (QED) is 0.794. The van der Waals surface area contributed by atoms with Gasteiger partial charge in [-0.25, -0.2) is 4.98 Å². The van der Waals surface area contributed by atoms with Crippen LogP contribution in [0, 0.1) is 6.92 Å². The predicted molar refractivity (Wildman–Crippen MR) is 60.3 cm³/mol. The molecule has 0 radical (unpaired) electrons. The smallest absolute Gasteiger partial charge is 0.203 e. The minimum atomic E-state index is -0.436. The summed E-state index contributed by atoms with van der Waals surface area (Å²) in [4.78, 5) is 4.21. The molecule has 0 saturated carbocycles. The minimum absolute atomic E-state index is 0.0167. The molecule has 0 saturated heterocycles. The fourth-order valence-electron chi connectivity index (χ4n) is 1.39. The normalized spacial score (nSPS) is 12.0. The van der Waals surface area contributed by atoms with E-state index < -0.39 is 5.54 Å². The van der Waals surface area contributed by atoms with Crippen molar-refractivity contribution in [1.29, 1.82) is 0 Å². The van der Waals surface area contributed by atoms with Crippen LogP contribution in [0.3, 0.4) is 0 Å². The molecule has 0 bridgehead atoms. The zero-order chi connectivity index (χ0) is 11.8. The third kappa shape index (κ3) is 1.83. The summed E-state index contributed by atoms with van der Waals surface area (Å²) >= 11 is 0. The highest BCUT2D eigenvalue weighted by molar-refractivity contribution is 5.62. The summed E-state index contributed by atoms with van der Waals surface area (Å²) in [5, 5.41) is 20.4. The van der Waals surface area contributed by atoms with Crippen LogP contribution >= 0.6 is 0 Å². The lowest BCUT2D eigenvalue weighted by molar-refractivity contribution is 0.234. The van der Waals surface area contributed by atoms with Gasteiger partial charge in [0.25, 0.3) is 0 Å². The van der Waals surface area contributed by atoms with E-state index in [4.69, 9.17) is 0 Å². The second-order valence-corrected chi connectivity index (χ2v) is 4.38. The number of aliphatic hydroxyl groups excluding tert-OH is 1. The highest BCUT2D eigenvalue weighted by Crippen LogP contribution is 2.16. The minimum Gasteiger partial charge on any atom is -0.394 e. The van der Waals surface area contributed by atoms with E-state index in [0.717, 1.165) is 5.82 Å². The van der Waals surface area contributed by atoms with Gasteiger partial charge >= 0.3 is 0 Å². The third-order valence-corrected chi connectivity index (χ3v) is 2.35. The summed E-state index contributed by atoms with van der Waals surface area (Å²) in [6, 6.07) is 0. The number of aromatic nitrogens is 4. The van der Waals surface area contributed by atoms with E-state index in [2.05, 4.69) is 20.5 Å². The van der Waals surface area contributed by atoms with Gasteiger partial charge in [0, 0.05) is 12.4 Å². The van der Waals surface area contributed by atoms with E-state index in [1.165, 1.54) is 0 Å². The summed E-state index contributed by atoms with van der Waals surface area (Å²) in [6.07, 6.45) is 3.49. The van der Waals surface area contributed by atoms with Crippen LogP contribution in [0.15, 0.2) is 12.4 Å². The molecule has 0 aromatic carbocycles. The topological polar surface area (TPSA) is 75.3 Å². The van der Waals surface area contributed by atoms with Gasteiger partial charge in [-0.1, -0.05) is 0 Å². The molecular formula is C10H15N5O. The Morgan fingerprint density at radius 3 is 2.88 bits per heavy atom. The average Bonchev–Trinajstić information content (AvgIpc) is 2.62. The van der Waals surface area contributed by atoms with E-state index in [0.29, 0.717) is 11.5 Å². The first kappa shape index (κ1) is 10.8. The van der Waals surface area contributed by atoms with Crippen molar-refractivity contribution in [3.8, 4) is 0 Å². The molecule has 0 aliphatic carbocycles. The Bertz CT molecular complexity index is 505. The Hall–Kier alpha value is -1.69. The lowest BCUT2D eigenvalue weighted by Gasteiger charge is -2.23. The largest absolute Gasteiger partial charge is 0.394 e. The monoisotopic (exact) mass is 221 g/mol. The molecule has 0 amide bonds. The molecule has 2 aromatic heterocycles. The van der Waals surface area contributed by atoms with Crippen molar-refractivity contribution in [2.24, 2.45) is 0 Å². The van der Waals surface area contributed by atoms with Crippen LogP contribution in [-0.2, 0) is 0 Å². The molecule has 16 heavy (non-hydrogen) atoms. The highest BCUT2D eigenvalue weighted by atomic mass is 16.3. The molecule has 0 aliphatic rings. The zero-order valence-electron chi connectivity index (χ0n) is 9.60. The Balaban J connectivity index is 2.45. The van der Waals surface area contributed by atoms with Crippen molar-refractivity contribution < 1.29 is 5.11 Å². The van der Waals surface area contributed by atoms with E-state index >= 15 is 0 Å². The SMILES string of the molecule is Cc1nnc2c(NC(C)(C)CO)nccn12. The molecule has 0 aliphatic heterocycles. The van der Waals surface area contributed by atoms with E-state index in [1.807, 2.05) is 31.4 Å². The van der Waals surface area contributed by atoms with Gasteiger partial charge in [0.1, 0.15) is 5.82 Å². The molecule has 2 N–H and O–H groups in total. The molecule has 2 aromatic rings. The summed E-state index contributed by atoms with van der Waals surface area (Å²) < 4.78 is 1.85. The number of nitrogens with zero attached hydrogens (tertiary/aromatic N) is 4. The second kappa shape index (κ2) is 3.71. The van der Waals surface area contributed by atoms with Crippen molar-refractivity contribution >= 4 is 11.5 Å². The number of hydrogen-bond acceptors (Lipinski definition) is 5. The number of aryl methyl sites for hydroxylation is 1. The Labute approximate surface area is 93.3 Å². The summed E-state index contributed by atoms with van der Waals surface area (Å²) in [7, 11) is 0. The van der Waals surface area contributed by atoms with Gasteiger partial charge in [-0.05, 0) is 20.8 Å². The molecule has 0 atom stereocenters. The Morgan fingerprint density at radius 2 is 2.19 bits per heavy atom. The van der Waals surface area contributed by atoms with Gasteiger partial charge in [0.05, 0.1) is 12.1 Å². The number of hydrogen-bond donors (Lipinski definition) is 2. The predicted octanol–water partition coefficient (Wildman–Crippen LogP) is 0.616. The van der Waals surface area contributed by atoms with Crippen LogP contribution in [0.5, 0.6) is 0 Å². The van der Waals surface area contributed by atoms with Gasteiger partial charge in [-0.2, -0.15) is 0 Å². The van der Waals surface area contributed by atoms with Crippen molar-refractivity contribution in [3.05, 3.63) is 18.2 Å². The van der Waals surface area contributed by atoms with Gasteiger partial charge in [0.15, 0.2) is 5.82 Å². The summed E-state index contributed by atoms with van der Waals surface area (Å²) in [5.74, 6) is 1.43. The van der Waals surface area contributed by atoms with Gasteiger partial charge in [-0.3, -0.25) is 4.40 Å². The molecular weight excluding hydrogens is 206 g/mol. The molecule has 6 heteroatoms. The van der Waals surface area contributed by atoms with E-state index in [-0.39, 0.29) is 6.61 Å². The number of nitrogens with one attached hydrogen (secondary N) is 1. The lowest BCUT2D eigenvalue weighted by Crippen LogP contribution is -2.35. The van der Waals surface area contributed by atoms with Crippen LogP contribution in [-0.4, -0.2) is 36.8 Å². The third-order valence-electron chi connectivity index (χ3n) is 2.35. The first-order chi connectivity index (χ1) is 7.53. The molecule has 0 spiro atoms. The van der Waals surface area contributed by atoms with Gasteiger partial charge < -0.3 is 10.4 Å². The maximum absolute atomic E-state index is 9.20. The Morgan fingerprint density at radius 1 is 1.44 bits per heavy atom. The summed E-state index contributed by atoms with van der Waals surface area (Å²) in [6.45, 7) is 5.67. The standard InChI is InChI=1S/C10H15N5O/c1-7-13-14-9-8(11-4-5-15(7)9)12-10(2,3)6-16/h4-5,16H,6H2,1-3H3,(H,11,12). The number of anilines is 1. The van der Waals surface area contributed by atoms with Crippen molar-refractivity contribution in [1.82, 2.24) is 19.6 Å². The fraction of sp³-hybridized carbons (Fsp3) is 0.500. The van der Waals surface area contributed by atoms with Crippen molar-refractivity contribution in [3.63, 3.8) is 0 Å². The number of aliphatic hydroxyl groups is 1. The number of fused-ring (bicyclic) bond motifs is 1. The van der Waals surface area contributed by atoms with Crippen LogP contribution in [0.1, 0.15) is 19.7 Å². The van der Waals surface area contributed by atoms with Crippen molar-refractivity contribution in [2.75, 3.05) is 11.9 Å². The van der Waals surface area contributed by atoms with E-state index in [1.54, 1.807) is 6.20 Å². The highest BCUT2D eigenvalue weighted by Gasteiger charge is 2.19. The van der Waals surface area contributed by atoms with Crippen LogP contribution in [0.25, 0.3) is 5.65 Å². The summed E-state index contributed by atoms with van der Waals surface area (Å²) in [5.41, 5.74) is 0.232. The van der Waals surface area contributed by atoms with Crippen LogP contribution in [0.4, 0.5) is 5.82 Å². The second-order valence-electron chi connectivity index (χ2n) is 4.38. The molecule has 86 valence electrons. The van der Waals surface area contributed by atoms with Crippen LogP contribution in [0.2, 0.25) is 0 Å². The molecule has 2 rings (SSSR count). The fourth-order valence-corrected chi connectivity index (χ4v) is 1.39.